The van der Waals surface area contributed by atoms with Crippen molar-refractivity contribution in [2.24, 2.45) is 5.41 Å². The van der Waals surface area contributed by atoms with Crippen molar-refractivity contribution in [3.63, 3.8) is 0 Å². The largest absolute Gasteiger partial charge is 0.469 e. The number of alkyl halides is 1. The standard InChI is InChI=1S/C6H14BrO6P/c7-2-1-6(3-8,4-9)5-13-14(10,11)12/h8-9H,1-5H2,(H2,10,11,12). The monoisotopic (exact) mass is 292 g/mol. The molecule has 0 atom stereocenters. The molecule has 0 fully saturated rings. The molecule has 0 aromatic rings. The highest BCUT2D eigenvalue weighted by atomic mass is 79.9. The van der Waals surface area contributed by atoms with E-state index >= 15 is 0 Å². The Morgan fingerprint density at radius 1 is 1.29 bits per heavy atom. The predicted molar refractivity (Wildman–Crippen MR) is 53.0 cm³/mol. The number of phosphoric ester groups is 1. The molecule has 0 bridgehead atoms. The molecule has 0 saturated heterocycles. The maximum absolute atomic E-state index is 10.4. The number of aliphatic hydroxyl groups excluding tert-OH is 2. The Morgan fingerprint density at radius 3 is 2.07 bits per heavy atom. The minimum Gasteiger partial charge on any atom is -0.396 e. The van der Waals surface area contributed by atoms with Crippen LogP contribution in [0.25, 0.3) is 0 Å². The average molecular weight is 293 g/mol. The van der Waals surface area contributed by atoms with Crippen LogP contribution in [0.1, 0.15) is 6.42 Å². The number of hydrogen-bond acceptors (Lipinski definition) is 4. The molecule has 14 heavy (non-hydrogen) atoms. The summed E-state index contributed by atoms with van der Waals surface area (Å²) < 4.78 is 14.7. The fourth-order valence-electron chi connectivity index (χ4n) is 0.793. The Labute approximate surface area is 90.3 Å². The first-order valence-electron chi connectivity index (χ1n) is 3.87. The molecule has 0 rings (SSSR count). The van der Waals surface area contributed by atoms with Crippen LogP contribution >= 0.6 is 23.8 Å². The quantitative estimate of drug-likeness (QED) is 0.384. The second-order valence-electron chi connectivity index (χ2n) is 3.02. The van der Waals surface area contributed by atoms with Gasteiger partial charge in [0.15, 0.2) is 0 Å². The summed E-state index contributed by atoms with van der Waals surface area (Å²) in [4.78, 5) is 16.9. The van der Waals surface area contributed by atoms with Gasteiger partial charge in [-0.3, -0.25) is 4.52 Å². The van der Waals surface area contributed by atoms with Crippen molar-refractivity contribution >= 4 is 23.8 Å². The Kier molecular flexibility index (Phi) is 6.40. The van der Waals surface area contributed by atoms with E-state index in [0.29, 0.717) is 11.8 Å². The number of hydrogen-bond donors (Lipinski definition) is 4. The maximum Gasteiger partial charge on any atom is 0.469 e. The van der Waals surface area contributed by atoms with Gasteiger partial charge in [-0.25, -0.2) is 4.57 Å². The smallest absolute Gasteiger partial charge is 0.396 e. The van der Waals surface area contributed by atoms with E-state index in [4.69, 9.17) is 20.0 Å². The Hall–Kier alpha value is 0.510. The lowest BCUT2D eigenvalue weighted by molar-refractivity contribution is 0.00368. The van der Waals surface area contributed by atoms with Crippen LogP contribution in [0.4, 0.5) is 0 Å². The van der Waals surface area contributed by atoms with Gasteiger partial charge >= 0.3 is 7.82 Å². The van der Waals surface area contributed by atoms with Crippen LogP contribution < -0.4 is 0 Å². The van der Waals surface area contributed by atoms with Gasteiger partial charge in [-0.05, 0) is 6.42 Å². The summed E-state index contributed by atoms with van der Waals surface area (Å²) in [6.07, 6.45) is 0.361. The number of phosphoric acid groups is 1. The highest BCUT2D eigenvalue weighted by Crippen LogP contribution is 2.38. The predicted octanol–water partition coefficient (Wildman–Crippen LogP) is -0.148. The molecule has 8 heteroatoms. The third kappa shape index (κ3) is 5.41. The van der Waals surface area contributed by atoms with Crippen LogP contribution in [-0.4, -0.2) is 45.2 Å². The highest BCUT2D eigenvalue weighted by Gasteiger charge is 2.31. The summed E-state index contributed by atoms with van der Waals surface area (Å²) in [6.45, 7) is -1.17. The van der Waals surface area contributed by atoms with Gasteiger partial charge in [0.25, 0.3) is 0 Å². The van der Waals surface area contributed by atoms with E-state index in [1.807, 2.05) is 0 Å². The van der Waals surface area contributed by atoms with Crippen molar-refractivity contribution in [1.29, 1.82) is 0 Å². The van der Waals surface area contributed by atoms with Crippen LogP contribution in [0.15, 0.2) is 0 Å². The fourth-order valence-corrected chi connectivity index (χ4v) is 2.08. The minimum absolute atomic E-state index is 0.361. The summed E-state index contributed by atoms with van der Waals surface area (Å²) in [7, 11) is -4.55. The summed E-state index contributed by atoms with van der Waals surface area (Å²) in [6, 6.07) is 0. The molecule has 0 aliphatic carbocycles. The maximum atomic E-state index is 10.4. The van der Waals surface area contributed by atoms with Crippen molar-refractivity contribution < 1.29 is 29.1 Å². The third-order valence-electron chi connectivity index (χ3n) is 1.83. The summed E-state index contributed by atoms with van der Waals surface area (Å²) in [5.41, 5.74) is -1.01. The minimum atomic E-state index is -4.55. The van der Waals surface area contributed by atoms with E-state index in [0.717, 1.165) is 0 Å². The van der Waals surface area contributed by atoms with Crippen molar-refractivity contribution in [3.05, 3.63) is 0 Å². The van der Waals surface area contributed by atoms with Gasteiger partial charge in [0.1, 0.15) is 0 Å². The van der Waals surface area contributed by atoms with Crippen molar-refractivity contribution in [2.45, 2.75) is 6.42 Å². The molecule has 0 aliphatic rings. The normalized spacial score (nSPS) is 13.2. The van der Waals surface area contributed by atoms with Crippen molar-refractivity contribution in [2.75, 3.05) is 25.2 Å². The zero-order chi connectivity index (χ0) is 11.2. The SMILES string of the molecule is O=P(O)(O)OCC(CO)(CO)CCBr. The zero-order valence-electron chi connectivity index (χ0n) is 7.47. The molecule has 0 spiro atoms. The van der Waals surface area contributed by atoms with E-state index in [1.54, 1.807) is 0 Å². The molecule has 4 N–H and O–H groups in total. The molecule has 0 amide bonds. The molecule has 0 saturated carbocycles. The summed E-state index contributed by atoms with van der Waals surface area (Å²) in [5, 5.41) is 18.5. The van der Waals surface area contributed by atoms with Gasteiger partial charge in [0.2, 0.25) is 0 Å². The molecule has 6 nitrogen and oxygen atoms in total. The Bertz CT molecular complexity index is 200. The molecule has 0 aliphatic heterocycles. The van der Waals surface area contributed by atoms with E-state index in [1.165, 1.54) is 0 Å². The molecule has 0 heterocycles. The molecular weight excluding hydrogens is 279 g/mol. The Morgan fingerprint density at radius 2 is 1.79 bits per heavy atom. The summed E-state index contributed by atoms with van der Waals surface area (Å²) in [5.74, 6) is 0. The molecule has 0 aromatic carbocycles. The molecule has 0 unspecified atom stereocenters. The number of aliphatic hydroxyl groups is 2. The number of rotatable bonds is 7. The first-order valence-corrected chi connectivity index (χ1v) is 6.52. The number of halogens is 1. The van der Waals surface area contributed by atoms with E-state index in [2.05, 4.69) is 20.5 Å². The lowest BCUT2D eigenvalue weighted by Crippen LogP contribution is -2.35. The van der Waals surface area contributed by atoms with Crippen molar-refractivity contribution in [3.8, 4) is 0 Å². The highest BCUT2D eigenvalue weighted by molar-refractivity contribution is 9.09. The van der Waals surface area contributed by atoms with Crippen LogP contribution in [0, 0.1) is 5.41 Å². The van der Waals surface area contributed by atoms with Gasteiger partial charge in [-0.2, -0.15) is 0 Å². The van der Waals surface area contributed by atoms with Gasteiger partial charge in [0.05, 0.1) is 19.8 Å². The molecule has 0 radical (unpaired) electrons. The van der Waals surface area contributed by atoms with E-state index < -0.39 is 26.5 Å². The zero-order valence-corrected chi connectivity index (χ0v) is 9.95. The second-order valence-corrected chi connectivity index (χ2v) is 5.05. The molecule has 86 valence electrons. The molecule has 0 aromatic heterocycles. The lowest BCUT2D eigenvalue weighted by atomic mass is 9.88. The molecular formula is C6H14BrO6P. The van der Waals surface area contributed by atoms with Crippen LogP contribution in [0.3, 0.4) is 0 Å². The van der Waals surface area contributed by atoms with Gasteiger partial charge < -0.3 is 20.0 Å². The first-order chi connectivity index (χ1) is 6.39. The third-order valence-corrected chi connectivity index (χ3v) is 2.70. The fraction of sp³-hybridized carbons (Fsp3) is 1.00. The van der Waals surface area contributed by atoms with Gasteiger partial charge in [-0.15, -0.1) is 0 Å². The first kappa shape index (κ1) is 14.5. The average Bonchev–Trinajstić information content (AvgIpc) is 2.11. The summed E-state index contributed by atoms with van der Waals surface area (Å²) >= 11 is 3.12. The van der Waals surface area contributed by atoms with Crippen LogP contribution in [0.2, 0.25) is 0 Å². The lowest BCUT2D eigenvalue weighted by Gasteiger charge is -2.28. The van der Waals surface area contributed by atoms with Crippen LogP contribution in [-0.2, 0) is 9.09 Å². The van der Waals surface area contributed by atoms with E-state index in [9.17, 15) is 4.57 Å². The topological polar surface area (TPSA) is 107 Å². The Balaban J connectivity index is 4.28. The van der Waals surface area contributed by atoms with Crippen molar-refractivity contribution in [1.82, 2.24) is 0 Å². The van der Waals surface area contributed by atoms with E-state index in [-0.39, 0.29) is 6.61 Å². The van der Waals surface area contributed by atoms with Crippen LogP contribution in [0.5, 0.6) is 0 Å². The van der Waals surface area contributed by atoms with Gasteiger partial charge in [-0.1, -0.05) is 15.9 Å². The van der Waals surface area contributed by atoms with Gasteiger partial charge in [0, 0.05) is 10.7 Å². The second kappa shape index (κ2) is 6.17.